The van der Waals surface area contributed by atoms with Crippen LogP contribution < -0.4 is 5.32 Å². The molecule has 0 unspecified atom stereocenters. The highest BCUT2D eigenvalue weighted by molar-refractivity contribution is 5.85. The largest absolute Gasteiger partial charge is 0.315 e. The second-order valence-corrected chi connectivity index (χ2v) is 4.03. The molecule has 1 N–H and O–H groups in total. The fraction of sp³-hybridized carbons (Fsp3) is 0.636. The van der Waals surface area contributed by atoms with Crippen LogP contribution in [0.25, 0.3) is 0 Å². The molecule has 2 heterocycles. The monoisotopic (exact) mass is 278 g/mol. The van der Waals surface area contributed by atoms with Gasteiger partial charge < -0.3 is 5.32 Å². The van der Waals surface area contributed by atoms with Gasteiger partial charge in [-0.3, -0.25) is 14.9 Å². The predicted molar refractivity (Wildman–Crippen MR) is 74.0 cm³/mol. The van der Waals surface area contributed by atoms with E-state index in [1.165, 1.54) is 6.42 Å². The van der Waals surface area contributed by atoms with Gasteiger partial charge in [-0.25, -0.2) is 0 Å². The van der Waals surface area contributed by atoms with E-state index < -0.39 is 0 Å². The maximum absolute atomic E-state index is 4.38. The highest BCUT2D eigenvalue weighted by Gasteiger charge is 2.09. The molecule has 0 saturated carbocycles. The van der Waals surface area contributed by atoms with Gasteiger partial charge in [0, 0.05) is 32.0 Å². The van der Waals surface area contributed by atoms with E-state index in [0.717, 1.165) is 44.1 Å². The summed E-state index contributed by atoms with van der Waals surface area (Å²) < 4.78 is 0. The molecule has 1 aromatic heterocycles. The normalized spacial score (nSPS) is 16.5. The zero-order valence-corrected chi connectivity index (χ0v) is 11.7. The Bertz CT molecular complexity index is 297. The van der Waals surface area contributed by atoms with Crippen LogP contribution in [0, 0.1) is 6.92 Å². The van der Waals surface area contributed by atoms with Crippen LogP contribution in [0.4, 0.5) is 0 Å². The molecule has 1 saturated heterocycles. The topological polar surface area (TPSA) is 41.1 Å². The molecule has 0 aromatic carbocycles. The first-order valence-electron chi connectivity index (χ1n) is 5.55. The molecule has 0 aliphatic carbocycles. The van der Waals surface area contributed by atoms with E-state index in [2.05, 4.69) is 20.2 Å². The lowest BCUT2D eigenvalue weighted by Gasteiger charge is -2.18. The van der Waals surface area contributed by atoms with Gasteiger partial charge in [0.15, 0.2) is 0 Å². The maximum atomic E-state index is 4.38. The van der Waals surface area contributed by atoms with Crippen LogP contribution >= 0.6 is 24.8 Å². The fourth-order valence-electron chi connectivity index (χ4n) is 1.79. The summed E-state index contributed by atoms with van der Waals surface area (Å²) in [5.74, 6) is 0. The van der Waals surface area contributed by atoms with Gasteiger partial charge in [0.2, 0.25) is 0 Å². The summed E-state index contributed by atoms with van der Waals surface area (Å²) in [7, 11) is 0. The summed E-state index contributed by atoms with van der Waals surface area (Å²) in [6.45, 7) is 7.37. The number of aryl methyl sites for hydroxylation is 1. The van der Waals surface area contributed by atoms with Crippen molar-refractivity contribution < 1.29 is 0 Å². The molecule has 0 atom stereocenters. The first kappa shape index (κ1) is 16.6. The van der Waals surface area contributed by atoms with Gasteiger partial charge >= 0.3 is 0 Å². The summed E-state index contributed by atoms with van der Waals surface area (Å²) >= 11 is 0. The van der Waals surface area contributed by atoms with E-state index in [0.29, 0.717) is 0 Å². The molecule has 0 spiro atoms. The van der Waals surface area contributed by atoms with E-state index in [1.807, 2.05) is 19.3 Å². The third-order valence-electron chi connectivity index (χ3n) is 2.65. The Morgan fingerprint density at radius 3 is 2.71 bits per heavy atom. The fourth-order valence-corrected chi connectivity index (χ4v) is 1.79. The number of rotatable bonds is 2. The third-order valence-corrected chi connectivity index (χ3v) is 2.65. The maximum Gasteiger partial charge on any atom is 0.0727 e. The third kappa shape index (κ3) is 5.64. The Labute approximate surface area is 115 Å². The van der Waals surface area contributed by atoms with E-state index in [-0.39, 0.29) is 24.8 Å². The second-order valence-electron chi connectivity index (χ2n) is 4.03. The zero-order valence-electron chi connectivity index (χ0n) is 10.1. The van der Waals surface area contributed by atoms with Gasteiger partial charge in [-0.15, -0.1) is 24.8 Å². The molecule has 6 heteroatoms. The first-order valence-corrected chi connectivity index (χ1v) is 5.55. The number of hydrogen-bond donors (Lipinski definition) is 1. The molecule has 17 heavy (non-hydrogen) atoms. The summed E-state index contributed by atoms with van der Waals surface area (Å²) in [6, 6.07) is 0. The van der Waals surface area contributed by atoms with Crippen molar-refractivity contribution in [1.82, 2.24) is 20.2 Å². The second kappa shape index (κ2) is 8.64. The van der Waals surface area contributed by atoms with Gasteiger partial charge in [-0.1, -0.05) is 0 Å². The van der Waals surface area contributed by atoms with Crippen molar-refractivity contribution in [3.8, 4) is 0 Å². The molecule has 1 aromatic rings. The Morgan fingerprint density at radius 2 is 2.00 bits per heavy atom. The Kier molecular flexibility index (Phi) is 8.43. The van der Waals surface area contributed by atoms with Crippen molar-refractivity contribution in [2.45, 2.75) is 19.9 Å². The van der Waals surface area contributed by atoms with E-state index in [1.54, 1.807) is 0 Å². The summed E-state index contributed by atoms with van der Waals surface area (Å²) in [5.41, 5.74) is 2.05. The minimum absolute atomic E-state index is 0. The standard InChI is InChI=1S/C11H18N4.2ClH/c1-10-7-14-11(8-13-10)9-15-5-2-3-12-4-6-15;;/h7-8,12H,2-6,9H2,1H3;2*1H. The van der Waals surface area contributed by atoms with Gasteiger partial charge in [-0.05, 0) is 26.4 Å². The van der Waals surface area contributed by atoms with Crippen molar-refractivity contribution in [2.75, 3.05) is 26.2 Å². The van der Waals surface area contributed by atoms with Crippen molar-refractivity contribution >= 4 is 24.8 Å². The van der Waals surface area contributed by atoms with Gasteiger partial charge in [0.05, 0.1) is 11.4 Å². The average Bonchev–Trinajstić information content (AvgIpc) is 2.50. The van der Waals surface area contributed by atoms with Crippen LogP contribution in [0.3, 0.4) is 0 Å². The van der Waals surface area contributed by atoms with Crippen molar-refractivity contribution in [2.24, 2.45) is 0 Å². The van der Waals surface area contributed by atoms with E-state index >= 15 is 0 Å². The van der Waals surface area contributed by atoms with Crippen LogP contribution in [-0.4, -0.2) is 41.0 Å². The Balaban J connectivity index is 0.00000128. The lowest BCUT2D eigenvalue weighted by molar-refractivity contribution is 0.280. The highest BCUT2D eigenvalue weighted by Crippen LogP contribution is 2.02. The molecule has 0 amide bonds. The van der Waals surface area contributed by atoms with Gasteiger partial charge in [-0.2, -0.15) is 0 Å². The molecule has 0 bridgehead atoms. The lowest BCUT2D eigenvalue weighted by atomic mass is 10.3. The van der Waals surface area contributed by atoms with Crippen molar-refractivity contribution in [3.05, 3.63) is 23.8 Å². The van der Waals surface area contributed by atoms with Crippen molar-refractivity contribution in [1.29, 1.82) is 0 Å². The Hall–Kier alpha value is -0.420. The minimum atomic E-state index is 0. The molecular weight excluding hydrogens is 259 g/mol. The minimum Gasteiger partial charge on any atom is -0.315 e. The quantitative estimate of drug-likeness (QED) is 0.889. The van der Waals surface area contributed by atoms with Crippen LogP contribution in [0.1, 0.15) is 17.8 Å². The highest BCUT2D eigenvalue weighted by atomic mass is 35.5. The molecule has 0 radical (unpaired) electrons. The van der Waals surface area contributed by atoms with Crippen LogP contribution in [-0.2, 0) is 6.54 Å². The smallest absolute Gasteiger partial charge is 0.0727 e. The van der Waals surface area contributed by atoms with E-state index in [9.17, 15) is 0 Å². The van der Waals surface area contributed by atoms with Gasteiger partial charge in [0.25, 0.3) is 0 Å². The summed E-state index contributed by atoms with van der Waals surface area (Å²) in [5, 5.41) is 3.39. The molecular formula is C11H20Cl2N4. The summed E-state index contributed by atoms with van der Waals surface area (Å²) in [4.78, 5) is 11.1. The number of nitrogens with zero attached hydrogens (tertiary/aromatic N) is 3. The molecule has 2 rings (SSSR count). The van der Waals surface area contributed by atoms with Crippen molar-refractivity contribution in [3.63, 3.8) is 0 Å². The molecule has 98 valence electrons. The number of aromatic nitrogens is 2. The Morgan fingerprint density at radius 1 is 1.18 bits per heavy atom. The molecule has 1 fully saturated rings. The van der Waals surface area contributed by atoms with Crippen LogP contribution in [0.15, 0.2) is 12.4 Å². The molecule has 1 aliphatic heterocycles. The predicted octanol–water partition coefficient (Wildman–Crippen LogP) is 1.42. The average molecular weight is 279 g/mol. The number of hydrogen-bond acceptors (Lipinski definition) is 4. The van der Waals surface area contributed by atoms with Gasteiger partial charge in [0.1, 0.15) is 0 Å². The van der Waals surface area contributed by atoms with Crippen LogP contribution in [0.5, 0.6) is 0 Å². The molecule has 1 aliphatic rings. The lowest BCUT2D eigenvalue weighted by Crippen LogP contribution is -2.28. The zero-order chi connectivity index (χ0) is 10.5. The summed E-state index contributed by atoms with van der Waals surface area (Å²) in [6.07, 6.45) is 4.94. The molecule has 4 nitrogen and oxygen atoms in total. The number of nitrogens with one attached hydrogen (secondary N) is 1. The van der Waals surface area contributed by atoms with Crippen LogP contribution in [0.2, 0.25) is 0 Å². The first-order chi connectivity index (χ1) is 7.34. The number of halogens is 2. The van der Waals surface area contributed by atoms with E-state index in [4.69, 9.17) is 0 Å². The SMILES string of the molecule is Cc1cnc(CN2CCCNCC2)cn1.Cl.Cl.